The van der Waals surface area contributed by atoms with E-state index in [-0.39, 0.29) is 0 Å². The van der Waals surface area contributed by atoms with E-state index in [4.69, 9.17) is 10.5 Å². The Bertz CT molecular complexity index is 751. The average molecular weight is 278 g/mol. The van der Waals surface area contributed by atoms with Crippen LogP contribution < -0.4 is 10.5 Å². The van der Waals surface area contributed by atoms with Crippen molar-refractivity contribution in [3.63, 3.8) is 0 Å². The zero-order valence-corrected chi connectivity index (χ0v) is 12.0. The Labute approximate surface area is 124 Å². The van der Waals surface area contributed by atoms with Crippen molar-refractivity contribution in [3.8, 4) is 5.75 Å². The van der Waals surface area contributed by atoms with Gasteiger partial charge in [0.2, 0.25) is 0 Å². The summed E-state index contributed by atoms with van der Waals surface area (Å²) in [5.41, 5.74) is 9.61. The van der Waals surface area contributed by atoms with E-state index in [1.54, 1.807) is 0 Å². The second-order valence-electron chi connectivity index (χ2n) is 5.12. The number of ether oxygens (including phenoxy) is 1. The van der Waals surface area contributed by atoms with Gasteiger partial charge in [-0.2, -0.15) is 0 Å². The molecule has 3 rings (SSSR count). The lowest BCUT2D eigenvalue weighted by Crippen LogP contribution is -2.02. The van der Waals surface area contributed by atoms with Crippen molar-refractivity contribution in [1.82, 2.24) is 4.98 Å². The molecule has 3 aromatic rings. The number of nitrogen functional groups attached to an aromatic ring is 1. The first-order chi connectivity index (χ1) is 10.2. The van der Waals surface area contributed by atoms with Crippen LogP contribution in [-0.2, 0) is 6.42 Å². The highest BCUT2D eigenvalue weighted by molar-refractivity contribution is 5.84. The molecule has 0 atom stereocenters. The van der Waals surface area contributed by atoms with Crippen molar-refractivity contribution in [2.45, 2.75) is 13.3 Å². The molecule has 0 radical (unpaired) electrons. The summed E-state index contributed by atoms with van der Waals surface area (Å²) in [6.45, 7) is 2.61. The molecule has 0 bridgehead atoms. The normalized spacial score (nSPS) is 10.7. The number of rotatable bonds is 4. The molecule has 2 aromatic carbocycles. The largest absolute Gasteiger partial charge is 0.491 e. The molecule has 106 valence electrons. The molecule has 0 aliphatic heterocycles. The number of aryl methyl sites for hydroxylation is 1. The lowest BCUT2D eigenvalue weighted by molar-refractivity contribution is 0.325. The lowest BCUT2D eigenvalue weighted by Gasteiger charge is -2.09. The molecule has 0 aliphatic rings. The summed E-state index contributed by atoms with van der Waals surface area (Å²) in [7, 11) is 0. The van der Waals surface area contributed by atoms with Crippen LogP contribution in [0.4, 0.5) is 5.69 Å². The minimum absolute atomic E-state index is 0.624. The van der Waals surface area contributed by atoms with Gasteiger partial charge in [0.15, 0.2) is 0 Å². The van der Waals surface area contributed by atoms with Crippen LogP contribution in [-0.4, -0.2) is 11.6 Å². The smallest absolute Gasteiger partial charge is 0.145 e. The molecular weight excluding hydrogens is 260 g/mol. The summed E-state index contributed by atoms with van der Waals surface area (Å²) in [6.07, 6.45) is 0.850. The summed E-state index contributed by atoms with van der Waals surface area (Å²) in [5.74, 6) is 0.839. The number of fused-ring (bicyclic) bond motifs is 1. The number of nitrogens with two attached hydrogens (primary N) is 1. The van der Waals surface area contributed by atoms with Crippen molar-refractivity contribution in [3.05, 3.63) is 65.9 Å². The molecule has 0 fully saturated rings. The third kappa shape index (κ3) is 3.14. The third-order valence-corrected chi connectivity index (χ3v) is 3.45. The topological polar surface area (TPSA) is 48.1 Å². The number of anilines is 1. The fourth-order valence-electron chi connectivity index (χ4n) is 2.30. The van der Waals surface area contributed by atoms with Crippen LogP contribution in [0.1, 0.15) is 11.3 Å². The Kier molecular flexibility index (Phi) is 3.73. The zero-order valence-electron chi connectivity index (χ0n) is 12.0. The van der Waals surface area contributed by atoms with Crippen molar-refractivity contribution < 1.29 is 4.74 Å². The molecule has 1 aromatic heterocycles. The van der Waals surface area contributed by atoms with E-state index < -0.39 is 0 Å². The fourth-order valence-corrected chi connectivity index (χ4v) is 2.30. The van der Waals surface area contributed by atoms with Crippen LogP contribution >= 0.6 is 0 Å². The summed E-state index contributed by atoms with van der Waals surface area (Å²) in [5, 5.41) is 1.10. The van der Waals surface area contributed by atoms with Crippen LogP contribution in [0, 0.1) is 6.92 Å². The quantitative estimate of drug-likeness (QED) is 0.739. The lowest BCUT2D eigenvalue weighted by atomic mass is 10.1. The zero-order chi connectivity index (χ0) is 14.7. The van der Waals surface area contributed by atoms with Gasteiger partial charge in [-0.15, -0.1) is 0 Å². The minimum atomic E-state index is 0.624. The molecule has 3 nitrogen and oxygen atoms in total. The van der Waals surface area contributed by atoms with Crippen molar-refractivity contribution in [2.75, 3.05) is 12.3 Å². The first-order valence-electron chi connectivity index (χ1n) is 7.06. The first kappa shape index (κ1) is 13.4. The molecule has 0 aliphatic carbocycles. The summed E-state index contributed by atoms with van der Waals surface area (Å²) in [6, 6.07) is 18.0. The molecule has 2 N–H and O–H groups in total. The van der Waals surface area contributed by atoms with E-state index in [1.165, 1.54) is 5.56 Å². The molecular formula is C18H18N2O. The van der Waals surface area contributed by atoms with E-state index in [9.17, 15) is 0 Å². The number of pyridine rings is 1. The third-order valence-electron chi connectivity index (χ3n) is 3.45. The fraction of sp³-hybridized carbons (Fsp3) is 0.167. The Hall–Kier alpha value is -2.55. The van der Waals surface area contributed by atoms with Crippen LogP contribution in [0.25, 0.3) is 10.9 Å². The highest BCUT2D eigenvalue weighted by Crippen LogP contribution is 2.24. The number of benzene rings is 2. The van der Waals surface area contributed by atoms with Gasteiger partial charge in [0, 0.05) is 23.2 Å². The highest BCUT2D eigenvalue weighted by atomic mass is 16.5. The van der Waals surface area contributed by atoms with Crippen molar-refractivity contribution in [1.29, 1.82) is 0 Å². The molecule has 0 saturated carbocycles. The van der Waals surface area contributed by atoms with Crippen molar-refractivity contribution >= 4 is 16.6 Å². The van der Waals surface area contributed by atoms with Crippen LogP contribution in [0.15, 0.2) is 54.6 Å². The molecule has 0 unspecified atom stereocenters. The number of hydrogen-bond acceptors (Lipinski definition) is 3. The van der Waals surface area contributed by atoms with Crippen LogP contribution in [0.3, 0.4) is 0 Å². The predicted octanol–water partition coefficient (Wildman–Crippen LogP) is 3.75. The maximum Gasteiger partial charge on any atom is 0.145 e. The van der Waals surface area contributed by atoms with E-state index in [0.717, 1.165) is 34.5 Å². The summed E-state index contributed by atoms with van der Waals surface area (Å²) < 4.78 is 5.91. The van der Waals surface area contributed by atoms with Gasteiger partial charge in [-0.1, -0.05) is 30.3 Å². The molecule has 0 spiro atoms. The summed E-state index contributed by atoms with van der Waals surface area (Å²) >= 11 is 0. The van der Waals surface area contributed by atoms with Gasteiger partial charge in [-0.05, 0) is 36.8 Å². The SMILES string of the molecule is Cc1ccc2cccc(OCCc3ccc(N)cc3)c2n1. The van der Waals surface area contributed by atoms with Crippen LogP contribution in [0.5, 0.6) is 5.75 Å². The average Bonchev–Trinajstić information content (AvgIpc) is 2.50. The second-order valence-corrected chi connectivity index (χ2v) is 5.12. The molecule has 1 heterocycles. The second kappa shape index (κ2) is 5.83. The van der Waals surface area contributed by atoms with E-state index in [1.807, 2.05) is 49.4 Å². The van der Waals surface area contributed by atoms with Crippen LogP contribution in [0.2, 0.25) is 0 Å². The van der Waals surface area contributed by atoms with E-state index >= 15 is 0 Å². The van der Waals surface area contributed by atoms with Gasteiger partial charge in [0.05, 0.1) is 6.61 Å². The molecule has 3 heteroatoms. The summed E-state index contributed by atoms with van der Waals surface area (Å²) in [4.78, 5) is 4.57. The van der Waals surface area contributed by atoms with E-state index in [2.05, 4.69) is 17.1 Å². The number of hydrogen-bond donors (Lipinski definition) is 1. The molecule has 21 heavy (non-hydrogen) atoms. The predicted molar refractivity (Wildman–Crippen MR) is 86.5 cm³/mol. The van der Waals surface area contributed by atoms with Crippen molar-refractivity contribution in [2.24, 2.45) is 0 Å². The Morgan fingerprint density at radius 3 is 2.62 bits per heavy atom. The molecule has 0 amide bonds. The highest BCUT2D eigenvalue weighted by Gasteiger charge is 2.04. The van der Waals surface area contributed by atoms with E-state index in [0.29, 0.717) is 6.61 Å². The minimum Gasteiger partial charge on any atom is -0.491 e. The Morgan fingerprint density at radius 1 is 1.00 bits per heavy atom. The number of nitrogens with zero attached hydrogens (tertiary/aromatic N) is 1. The Balaban J connectivity index is 1.73. The standard InChI is InChI=1S/C18H18N2O/c1-13-5-8-15-3-2-4-17(18(15)20-13)21-12-11-14-6-9-16(19)10-7-14/h2-10H,11-12,19H2,1H3. The first-order valence-corrected chi connectivity index (χ1v) is 7.06. The number of aromatic nitrogens is 1. The van der Waals surface area contributed by atoms with Gasteiger partial charge in [0.1, 0.15) is 11.3 Å². The van der Waals surface area contributed by atoms with Gasteiger partial charge < -0.3 is 10.5 Å². The number of para-hydroxylation sites is 1. The Morgan fingerprint density at radius 2 is 1.81 bits per heavy atom. The van der Waals surface area contributed by atoms with Gasteiger partial charge in [-0.3, -0.25) is 0 Å². The molecule has 0 saturated heterocycles. The maximum atomic E-state index is 5.91. The van der Waals surface area contributed by atoms with Gasteiger partial charge in [-0.25, -0.2) is 4.98 Å². The van der Waals surface area contributed by atoms with Gasteiger partial charge in [0.25, 0.3) is 0 Å². The maximum absolute atomic E-state index is 5.91. The monoisotopic (exact) mass is 278 g/mol. The van der Waals surface area contributed by atoms with Gasteiger partial charge >= 0.3 is 0 Å².